The number of benzene rings is 2. The van der Waals surface area contributed by atoms with Crippen LogP contribution < -0.4 is 16.0 Å². The van der Waals surface area contributed by atoms with Gasteiger partial charge in [-0.1, -0.05) is 43.7 Å². The van der Waals surface area contributed by atoms with Crippen LogP contribution in [0.15, 0.2) is 64.2 Å². The number of nitrogens with zero attached hydrogens (tertiary/aromatic N) is 4. The molecule has 0 aliphatic rings. The van der Waals surface area contributed by atoms with Gasteiger partial charge in [0.2, 0.25) is 5.88 Å². The first kappa shape index (κ1) is 29.9. The fourth-order valence-corrected chi connectivity index (χ4v) is 6.27. The number of hydrogen-bond acceptors (Lipinski definition) is 8. The molecule has 0 unspecified atom stereocenters. The van der Waals surface area contributed by atoms with Crippen molar-refractivity contribution in [2.75, 3.05) is 20.8 Å². The SMILES string of the molecule is CCCc1c(-c2ccc(CC(=O)COC)cc2)sc2c1c(=O)n(-c1ccc(OC)nn1)c(=O)n2Cc1c(F)cccc1F. The summed E-state index contributed by atoms with van der Waals surface area (Å²) < 4.78 is 41.7. The topological polar surface area (TPSA) is 105 Å². The molecule has 0 atom stereocenters. The smallest absolute Gasteiger partial charge is 0.338 e. The zero-order chi connectivity index (χ0) is 30.7. The summed E-state index contributed by atoms with van der Waals surface area (Å²) >= 11 is 1.20. The molecule has 0 bridgehead atoms. The Morgan fingerprint density at radius 2 is 1.67 bits per heavy atom. The molecule has 0 fully saturated rings. The first-order valence-corrected chi connectivity index (χ1v) is 14.3. The lowest BCUT2D eigenvalue weighted by Gasteiger charge is -2.13. The Labute approximate surface area is 249 Å². The molecule has 2 aromatic carbocycles. The van der Waals surface area contributed by atoms with Gasteiger partial charge >= 0.3 is 5.69 Å². The molecule has 0 aliphatic carbocycles. The Balaban J connectivity index is 1.77. The standard InChI is InChI=1S/C31H28F2N4O5S/c1-4-6-21-27-29(39)37(25-13-14-26(42-3)35-34-25)31(40)36(16-22-23(32)7-5-8-24(22)33)30(27)43-28(21)19-11-9-18(10-12-19)15-20(38)17-41-2/h5,7-14H,4,6,15-17H2,1-3H3. The molecule has 12 heteroatoms. The molecule has 3 aromatic heterocycles. The molecule has 0 N–H and O–H groups in total. The van der Waals surface area contributed by atoms with Crippen LogP contribution in [0.4, 0.5) is 8.78 Å². The van der Waals surface area contributed by atoms with Gasteiger partial charge in [-0.2, -0.15) is 0 Å². The lowest BCUT2D eigenvalue weighted by atomic mass is 10.0. The van der Waals surface area contributed by atoms with Crippen LogP contribution in [-0.2, 0) is 28.9 Å². The fraction of sp³-hybridized carbons (Fsp3) is 0.258. The van der Waals surface area contributed by atoms with Crippen molar-refractivity contribution < 1.29 is 23.0 Å². The Bertz CT molecular complexity index is 1890. The van der Waals surface area contributed by atoms with E-state index in [9.17, 15) is 23.2 Å². The number of halogens is 2. The molecule has 0 saturated heterocycles. The van der Waals surface area contributed by atoms with Crippen LogP contribution >= 0.6 is 11.3 Å². The first-order chi connectivity index (χ1) is 20.8. The molecular weight excluding hydrogens is 578 g/mol. The number of hydrogen-bond donors (Lipinski definition) is 0. The molecule has 0 radical (unpaired) electrons. The summed E-state index contributed by atoms with van der Waals surface area (Å²) in [4.78, 5) is 41.1. The minimum absolute atomic E-state index is 0.0176. The van der Waals surface area contributed by atoms with Crippen LogP contribution in [0.2, 0.25) is 0 Å². The maximum Gasteiger partial charge on any atom is 0.338 e. The normalized spacial score (nSPS) is 11.3. The third kappa shape index (κ3) is 5.88. The van der Waals surface area contributed by atoms with Gasteiger partial charge in [0.05, 0.1) is 19.0 Å². The number of aromatic nitrogens is 4. The minimum Gasteiger partial charge on any atom is -0.480 e. The van der Waals surface area contributed by atoms with E-state index in [1.54, 1.807) is 0 Å². The van der Waals surface area contributed by atoms with E-state index in [1.807, 2.05) is 31.2 Å². The predicted octanol–water partition coefficient (Wildman–Crippen LogP) is 4.72. The first-order valence-electron chi connectivity index (χ1n) is 13.5. The number of fused-ring (bicyclic) bond motifs is 1. The number of carbonyl (C=O) groups is 1. The van der Waals surface area contributed by atoms with Crippen molar-refractivity contribution in [3.63, 3.8) is 0 Å². The van der Waals surface area contributed by atoms with Crippen molar-refractivity contribution in [1.82, 2.24) is 19.3 Å². The molecule has 0 saturated carbocycles. The van der Waals surface area contributed by atoms with Crippen LogP contribution in [0.3, 0.4) is 0 Å². The van der Waals surface area contributed by atoms with Gasteiger partial charge in [0.15, 0.2) is 11.6 Å². The predicted molar refractivity (Wildman–Crippen MR) is 159 cm³/mol. The summed E-state index contributed by atoms with van der Waals surface area (Å²) in [6.07, 6.45) is 1.40. The van der Waals surface area contributed by atoms with Crippen LogP contribution in [0, 0.1) is 11.6 Å². The third-order valence-corrected chi connectivity index (χ3v) is 8.24. The van der Waals surface area contributed by atoms with Crippen LogP contribution in [0.1, 0.15) is 30.0 Å². The van der Waals surface area contributed by atoms with Crippen molar-refractivity contribution in [3.05, 3.63) is 104 Å². The van der Waals surface area contributed by atoms with Gasteiger partial charge in [-0.3, -0.25) is 14.2 Å². The quantitative estimate of drug-likeness (QED) is 0.214. The molecule has 5 rings (SSSR count). The third-order valence-electron chi connectivity index (χ3n) is 6.94. The molecule has 43 heavy (non-hydrogen) atoms. The van der Waals surface area contributed by atoms with Gasteiger partial charge in [0.25, 0.3) is 5.56 Å². The average molecular weight is 607 g/mol. The highest BCUT2D eigenvalue weighted by molar-refractivity contribution is 7.22. The van der Waals surface area contributed by atoms with E-state index >= 15 is 0 Å². The van der Waals surface area contributed by atoms with Crippen molar-refractivity contribution in [2.24, 2.45) is 0 Å². The number of ether oxygens (including phenoxy) is 2. The summed E-state index contributed by atoms with van der Waals surface area (Å²) in [7, 11) is 2.87. The van der Waals surface area contributed by atoms with Crippen LogP contribution in [0.25, 0.3) is 26.5 Å². The second-order valence-electron chi connectivity index (χ2n) is 9.83. The van der Waals surface area contributed by atoms with E-state index in [1.165, 1.54) is 48.3 Å². The fourth-order valence-electron chi connectivity index (χ4n) is 4.93. The van der Waals surface area contributed by atoms with E-state index < -0.39 is 29.4 Å². The number of rotatable bonds is 11. The summed E-state index contributed by atoms with van der Waals surface area (Å²) in [5.74, 6) is -1.56. The van der Waals surface area contributed by atoms with Crippen LogP contribution in [-0.4, -0.2) is 45.9 Å². The molecule has 0 aliphatic heterocycles. The summed E-state index contributed by atoms with van der Waals surface area (Å²) in [5, 5.41) is 8.17. The highest BCUT2D eigenvalue weighted by atomic mass is 32.1. The maximum atomic E-state index is 14.8. The Hall–Kier alpha value is -4.55. The highest BCUT2D eigenvalue weighted by Gasteiger charge is 2.25. The van der Waals surface area contributed by atoms with Crippen LogP contribution in [0.5, 0.6) is 5.88 Å². The Kier molecular flexibility index (Phi) is 8.88. The lowest BCUT2D eigenvalue weighted by Crippen LogP contribution is -2.39. The second-order valence-corrected chi connectivity index (χ2v) is 10.8. The van der Waals surface area contributed by atoms with E-state index in [0.29, 0.717) is 18.4 Å². The van der Waals surface area contributed by atoms with Gasteiger partial charge in [-0.05, 0) is 41.3 Å². The van der Waals surface area contributed by atoms with Gasteiger partial charge in [0, 0.05) is 30.0 Å². The maximum absolute atomic E-state index is 14.8. The number of Topliss-reactive ketones (excluding diaryl/α,β-unsaturated/α-hetero) is 1. The number of ketones is 1. The lowest BCUT2D eigenvalue weighted by molar-refractivity contribution is -0.121. The molecule has 222 valence electrons. The largest absolute Gasteiger partial charge is 0.480 e. The molecule has 0 spiro atoms. The Morgan fingerprint density at radius 1 is 0.953 bits per heavy atom. The van der Waals surface area contributed by atoms with E-state index in [-0.39, 0.29) is 46.3 Å². The van der Waals surface area contributed by atoms with Crippen molar-refractivity contribution in [1.29, 1.82) is 0 Å². The van der Waals surface area contributed by atoms with Gasteiger partial charge in [-0.25, -0.2) is 18.1 Å². The molecule has 3 heterocycles. The van der Waals surface area contributed by atoms with Gasteiger partial charge in [-0.15, -0.1) is 21.5 Å². The summed E-state index contributed by atoms with van der Waals surface area (Å²) in [6, 6.07) is 13.7. The number of aryl methyl sites for hydroxylation is 1. The highest BCUT2D eigenvalue weighted by Crippen LogP contribution is 2.38. The van der Waals surface area contributed by atoms with E-state index in [4.69, 9.17) is 9.47 Å². The molecule has 5 aromatic rings. The Morgan fingerprint density at radius 3 is 2.28 bits per heavy atom. The van der Waals surface area contributed by atoms with E-state index in [2.05, 4.69) is 10.2 Å². The zero-order valence-corrected chi connectivity index (χ0v) is 24.5. The minimum atomic E-state index is -0.817. The molecule has 0 amide bonds. The summed E-state index contributed by atoms with van der Waals surface area (Å²) in [6.45, 7) is 1.53. The second kappa shape index (κ2) is 12.8. The average Bonchev–Trinajstić information content (AvgIpc) is 3.37. The molecular formula is C31H28F2N4O5S. The number of carbonyl (C=O) groups excluding carboxylic acids is 1. The van der Waals surface area contributed by atoms with E-state index in [0.717, 1.165) is 32.7 Å². The zero-order valence-electron chi connectivity index (χ0n) is 23.7. The summed E-state index contributed by atoms with van der Waals surface area (Å²) in [5.41, 5.74) is 0.540. The van der Waals surface area contributed by atoms with Crippen molar-refractivity contribution >= 4 is 27.3 Å². The van der Waals surface area contributed by atoms with Crippen molar-refractivity contribution in [3.8, 4) is 22.1 Å². The van der Waals surface area contributed by atoms with Gasteiger partial charge in [0.1, 0.15) is 23.1 Å². The van der Waals surface area contributed by atoms with Crippen molar-refractivity contribution in [2.45, 2.75) is 32.7 Å². The monoisotopic (exact) mass is 606 g/mol. The number of thiophene rings is 1. The molecule has 9 nitrogen and oxygen atoms in total. The van der Waals surface area contributed by atoms with Gasteiger partial charge < -0.3 is 9.47 Å². The number of methoxy groups -OCH3 is 2.